The van der Waals surface area contributed by atoms with E-state index in [4.69, 9.17) is 10.5 Å². The number of nitrogens with zero attached hydrogens (tertiary/aromatic N) is 3. The summed E-state index contributed by atoms with van der Waals surface area (Å²) in [5.41, 5.74) is 7.84. The Bertz CT molecular complexity index is 1230. The largest absolute Gasteiger partial charge is 0.444 e. The lowest BCUT2D eigenvalue weighted by atomic mass is 10.1. The summed E-state index contributed by atoms with van der Waals surface area (Å²) < 4.78 is 7.18. The van der Waals surface area contributed by atoms with Gasteiger partial charge in [0.05, 0.1) is 23.3 Å². The first-order chi connectivity index (χ1) is 16.4. The molecule has 0 saturated carbocycles. The average Bonchev–Trinajstić information content (AvgIpc) is 3.12. The molecular formula is C25H35N7O3. The van der Waals surface area contributed by atoms with E-state index in [0.717, 1.165) is 22.2 Å². The third-order valence-electron chi connectivity index (χ3n) is 5.60. The summed E-state index contributed by atoms with van der Waals surface area (Å²) in [4.78, 5) is 29.1. The Hall–Kier alpha value is -3.82. The molecular weight excluding hydrogens is 446 g/mol. The lowest BCUT2D eigenvalue weighted by molar-refractivity contribution is 0.0498. The lowest BCUT2D eigenvalue weighted by Gasteiger charge is -2.28. The minimum absolute atomic E-state index is 0.169. The van der Waals surface area contributed by atoms with Crippen LogP contribution in [0.3, 0.4) is 0 Å². The number of anilines is 3. The number of nitrogens with two attached hydrogens (primary N) is 1. The zero-order valence-electron chi connectivity index (χ0n) is 21.4. The van der Waals surface area contributed by atoms with Crippen molar-refractivity contribution in [2.24, 2.45) is 12.8 Å². The van der Waals surface area contributed by atoms with Crippen LogP contribution in [0.4, 0.5) is 22.1 Å². The monoisotopic (exact) mass is 481 g/mol. The molecule has 0 saturated heterocycles. The van der Waals surface area contributed by atoms with Crippen LogP contribution in [0, 0.1) is 6.92 Å². The van der Waals surface area contributed by atoms with Gasteiger partial charge in [0.2, 0.25) is 0 Å². The molecule has 5 N–H and O–H groups in total. The van der Waals surface area contributed by atoms with Crippen LogP contribution < -0.4 is 21.7 Å². The van der Waals surface area contributed by atoms with Gasteiger partial charge in [0.25, 0.3) is 5.91 Å². The molecule has 0 spiro atoms. The molecule has 0 fully saturated rings. The summed E-state index contributed by atoms with van der Waals surface area (Å²) >= 11 is 0. The fourth-order valence-corrected chi connectivity index (χ4v) is 3.78. The van der Waals surface area contributed by atoms with Gasteiger partial charge in [-0.05, 0) is 70.9 Å². The van der Waals surface area contributed by atoms with Crippen molar-refractivity contribution in [3.05, 3.63) is 41.6 Å². The summed E-state index contributed by atoms with van der Waals surface area (Å²) in [6, 6.07) is 7.10. The molecule has 0 aliphatic heterocycles. The molecule has 0 radical (unpaired) electrons. The van der Waals surface area contributed by atoms with Crippen LogP contribution in [0.2, 0.25) is 0 Å². The van der Waals surface area contributed by atoms with Gasteiger partial charge in [0.1, 0.15) is 17.2 Å². The highest BCUT2D eigenvalue weighted by Gasteiger charge is 2.23. The molecule has 2 amide bonds. The predicted molar refractivity (Wildman–Crippen MR) is 138 cm³/mol. The van der Waals surface area contributed by atoms with Crippen molar-refractivity contribution in [1.82, 2.24) is 20.1 Å². The Morgan fingerprint density at radius 1 is 1.20 bits per heavy atom. The summed E-state index contributed by atoms with van der Waals surface area (Å²) in [7, 11) is 1.88. The fourth-order valence-electron chi connectivity index (χ4n) is 3.78. The van der Waals surface area contributed by atoms with E-state index in [-0.39, 0.29) is 17.6 Å². The van der Waals surface area contributed by atoms with Crippen LogP contribution in [-0.2, 0) is 11.8 Å². The summed E-state index contributed by atoms with van der Waals surface area (Å²) in [5, 5.41) is 14.7. The molecule has 0 bridgehead atoms. The van der Waals surface area contributed by atoms with E-state index in [2.05, 4.69) is 26.0 Å². The molecule has 3 aromatic rings. The van der Waals surface area contributed by atoms with Gasteiger partial charge < -0.3 is 26.4 Å². The molecule has 10 nitrogen and oxygen atoms in total. The van der Waals surface area contributed by atoms with Crippen LogP contribution in [0.1, 0.15) is 57.0 Å². The van der Waals surface area contributed by atoms with Crippen LogP contribution in [0.5, 0.6) is 0 Å². The standard InChI is InChI=1S/C25H35N7O3/c1-8-19(30-24(34)35-25(4,5)6)15(3)28-22-14(2)11-18(21(26)33)23(31-22)29-17-9-10-20-16(12-17)13-27-32(20)7/h9-13,15,19H,8H2,1-7H3,(H2,26,33)(H,30,34)(H2,28,29,31)/t15-,19+/m1/s1. The van der Waals surface area contributed by atoms with Crippen LogP contribution >= 0.6 is 0 Å². The first kappa shape index (κ1) is 25.8. The van der Waals surface area contributed by atoms with E-state index >= 15 is 0 Å². The number of carbonyl (C=O) groups excluding carboxylic acids is 2. The Morgan fingerprint density at radius 3 is 2.54 bits per heavy atom. The topological polar surface area (TPSA) is 136 Å². The number of pyridine rings is 1. The maximum atomic E-state index is 12.3. The van der Waals surface area contributed by atoms with Crippen molar-refractivity contribution in [2.75, 3.05) is 10.6 Å². The number of amides is 2. The minimum Gasteiger partial charge on any atom is -0.444 e. The molecule has 1 aromatic carbocycles. The van der Waals surface area contributed by atoms with Crippen molar-refractivity contribution < 1.29 is 14.3 Å². The number of primary amides is 1. The zero-order valence-corrected chi connectivity index (χ0v) is 21.4. The van der Waals surface area contributed by atoms with Crippen molar-refractivity contribution >= 4 is 40.2 Å². The molecule has 3 rings (SSSR count). The molecule has 188 valence electrons. The van der Waals surface area contributed by atoms with Gasteiger partial charge in [-0.3, -0.25) is 9.48 Å². The highest BCUT2D eigenvalue weighted by Crippen LogP contribution is 2.27. The second kappa shape index (κ2) is 10.2. The second-order valence-electron chi connectivity index (χ2n) is 9.68. The van der Waals surface area contributed by atoms with Gasteiger partial charge in [0, 0.05) is 24.2 Å². The van der Waals surface area contributed by atoms with E-state index in [0.29, 0.717) is 18.1 Å². The number of carbonyl (C=O) groups is 2. The summed E-state index contributed by atoms with van der Waals surface area (Å²) in [5.74, 6) is 0.342. The van der Waals surface area contributed by atoms with Crippen molar-refractivity contribution in [1.29, 1.82) is 0 Å². The number of rotatable bonds is 8. The summed E-state index contributed by atoms with van der Waals surface area (Å²) in [6.45, 7) is 11.3. The Balaban J connectivity index is 1.84. The first-order valence-electron chi connectivity index (χ1n) is 11.6. The van der Waals surface area contributed by atoms with Gasteiger partial charge in [-0.2, -0.15) is 5.10 Å². The number of aryl methyl sites for hydroxylation is 2. The molecule has 10 heteroatoms. The predicted octanol–water partition coefficient (Wildman–Crippen LogP) is 4.22. The van der Waals surface area contributed by atoms with Crippen molar-refractivity contribution in [3.63, 3.8) is 0 Å². The highest BCUT2D eigenvalue weighted by atomic mass is 16.6. The van der Waals surface area contributed by atoms with Crippen LogP contribution in [0.25, 0.3) is 10.9 Å². The van der Waals surface area contributed by atoms with Crippen LogP contribution in [-0.4, -0.2) is 44.4 Å². The van der Waals surface area contributed by atoms with Gasteiger partial charge in [-0.1, -0.05) is 6.92 Å². The number of nitrogens with one attached hydrogen (secondary N) is 3. The van der Waals surface area contributed by atoms with E-state index in [9.17, 15) is 9.59 Å². The van der Waals surface area contributed by atoms with Gasteiger partial charge in [-0.15, -0.1) is 0 Å². The van der Waals surface area contributed by atoms with Crippen LogP contribution in [0.15, 0.2) is 30.5 Å². The second-order valence-corrected chi connectivity index (χ2v) is 9.68. The smallest absolute Gasteiger partial charge is 0.407 e. The van der Waals surface area contributed by atoms with Gasteiger partial charge >= 0.3 is 6.09 Å². The SMILES string of the molecule is CC[C@H](NC(=O)OC(C)(C)C)[C@@H](C)Nc1nc(Nc2ccc3c(cnn3C)c2)c(C(N)=O)cc1C. The maximum Gasteiger partial charge on any atom is 0.407 e. The Kier molecular flexibility index (Phi) is 7.52. The number of ether oxygens (including phenoxy) is 1. The number of benzene rings is 1. The molecule has 2 heterocycles. The lowest BCUT2D eigenvalue weighted by Crippen LogP contribution is -2.47. The quantitative estimate of drug-likeness (QED) is 0.378. The molecule has 0 aliphatic rings. The fraction of sp³-hybridized carbons (Fsp3) is 0.440. The van der Waals surface area contributed by atoms with E-state index in [1.54, 1.807) is 16.9 Å². The number of aromatic nitrogens is 3. The van der Waals surface area contributed by atoms with Gasteiger partial charge in [-0.25, -0.2) is 9.78 Å². The number of fused-ring (bicyclic) bond motifs is 1. The molecule has 2 atom stereocenters. The maximum absolute atomic E-state index is 12.3. The molecule has 0 aliphatic carbocycles. The number of hydrogen-bond acceptors (Lipinski definition) is 7. The Morgan fingerprint density at radius 2 is 1.91 bits per heavy atom. The highest BCUT2D eigenvalue weighted by molar-refractivity contribution is 5.99. The van der Waals surface area contributed by atoms with E-state index in [1.807, 2.05) is 66.8 Å². The third-order valence-corrected chi connectivity index (χ3v) is 5.60. The number of hydrogen-bond donors (Lipinski definition) is 4. The molecule has 0 unspecified atom stereocenters. The van der Waals surface area contributed by atoms with E-state index in [1.165, 1.54) is 0 Å². The summed E-state index contributed by atoms with van der Waals surface area (Å²) in [6.07, 6.45) is 1.98. The van der Waals surface area contributed by atoms with Gasteiger partial charge in [0.15, 0.2) is 0 Å². The minimum atomic E-state index is -0.582. The van der Waals surface area contributed by atoms with E-state index < -0.39 is 17.6 Å². The first-order valence-corrected chi connectivity index (χ1v) is 11.6. The number of alkyl carbamates (subject to hydrolysis) is 1. The Labute approximate surface area is 205 Å². The van der Waals surface area contributed by atoms with Crippen molar-refractivity contribution in [3.8, 4) is 0 Å². The average molecular weight is 482 g/mol. The third kappa shape index (κ3) is 6.40. The zero-order chi connectivity index (χ0) is 25.9. The molecule has 2 aromatic heterocycles. The molecule has 35 heavy (non-hydrogen) atoms. The van der Waals surface area contributed by atoms with Crippen molar-refractivity contribution in [2.45, 2.75) is 65.6 Å². The normalized spacial score (nSPS) is 13.2.